The van der Waals surface area contributed by atoms with Gasteiger partial charge in [-0.05, 0) is 23.8 Å². The summed E-state index contributed by atoms with van der Waals surface area (Å²) in [5, 5.41) is 13.8. The van der Waals surface area contributed by atoms with E-state index in [4.69, 9.17) is 6.42 Å². The van der Waals surface area contributed by atoms with Gasteiger partial charge in [0.05, 0.1) is 10.5 Å². The number of aromatic nitrogens is 1. The van der Waals surface area contributed by atoms with Gasteiger partial charge in [-0.1, -0.05) is 18.1 Å². The third-order valence-electron chi connectivity index (χ3n) is 3.90. The van der Waals surface area contributed by atoms with Crippen LogP contribution in [0.2, 0.25) is 0 Å². The first-order valence-electron chi connectivity index (χ1n) is 7.63. The highest BCUT2D eigenvalue weighted by atomic mass is 16.6. The molecule has 0 spiro atoms. The van der Waals surface area contributed by atoms with Crippen molar-refractivity contribution in [1.82, 2.24) is 10.3 Å². The molecule has 3 rings (SSSR count). The number of amides is 1. The third kappa shape index (κ3) is 3.30. The van der Waals surface area contributed by atoms with E-state index in [-0.39, 0.29) is 17.8 Å². The Kier molecular flexibility index (Phi) is 4.50. The molecule has 128 valence electrons. The number of benzene rings is 2. The van der Waals surface area contributed by atoms with Crippen molar-refractivity contribution in [3.05, 3.63) is 75.5 Å². The Morgan fingerprint density at radius 3 is 2.58 bits per heavy atom. The van der Waals surface area contributed by atoms with Gasteiger partial charge in [0.25, 0.3) is 17.4 Å². The summed E-state index contributed by atoms with van der Waals surface area (Å²) in [5.41, 5.74) is 1.98. The lowest BCUT2D eigenvalue weighted by molar-refractivity contribution is -0.384. The van der Waals surface area contributed by atoms with Crippen LogP contribution in [-0.2, 0) is 11.3 Å². The normalized spacial score (nSPS) is 10.3. The Labute approximate surface area is 148 Å². The smallest absolute Gasteiger partial charge is 0.292 e. The number of carbonyl (C=O) groups is 2. The first-order valence-corrected chi connectivity index (χ1v) is 7.63. The van der Waals surface area contributed by atoms with Crippen molar-refractivity contribution in [2.24, 2.45) is 0 Å². The molecule has 0 aliphatic rings. The molecular weight excluding hydrogens is 334 g/mol. The highest BCUT2D eigenvalue weighted by Gasteiger charge is 2.21. The topological polar surface area (TPSA) is 105 Å². The minimum Gasteiger partial charge on any atom is -0.360 e. The molecule has 0 saturated heterocycles. The van der Waals surface area contributed by atoms with Crippen LogP contribution in [0.5, 0.6) is 0 Å². The first kappa shape index (κ1) is 16.9. The summed E-state index contributed by atoms with van der Waals surface area (Å²) in [4.78, 5) is 37.7. The summed E-state index contributed by atoms with van der Waals surface area (Å²) < 4.78 is 0. The van der Waals surface area contributed by atoms with Crippen LogP contribution in [0.25, 0.3) is 10.9 Å². The highest BCUT2D eigenvalue weighted by Crippen LogP contribution is 2.24. The van der Waals surface area contributed by atoms with E-state index in [0.717, 1.165) is 11.1 Å². The molecule has 0 aliphatic heterocycles. The number of hydrogen-bond acceptors (Lipinski definition) is 4. The van der Waals surface area contributed by atoms with Crippen molar-refractivity contribution in [3.63, 3.8) is 0 Å². The van der Waals surface area contributed by atoms with E-state index in [0.29, 0.717) is 10.9 Å². The number of hydrogen-bond donors (Lipinski definition) is 2. The van der Waals surface area contributed by atoms with Gasteiger partial charge >= 0.3 is 0 Å². The van der Waals surface area contributed by atoms with Crippen LogP contribution in [0.15, 0.2) is 48.7 Å². The number of non-ortho nitro benzene ring substituents is 1. The van der Waals surface area contributed by atoms with E-state index in [1.54, 1.807) is 24.3 Å². The van der Waals surface area contributed by atoms with Crippen molar-refractivity contribution >= 4 is 28.3 Å². The van der Waals surface area contributed by atoms with Gasteiger partial charge in [-0.3, -0.25) is 19.7 Å². The predicted octanol–water partition coefficient (Wildman–Crippen LogP) is 2.56. The average molecular weight is 347 g/mol. The van der Waals surface area contributed by atoms with Crippen LogP contribution in [0.1, 0.15) is 21.5 Å². The van der Waals surface area contributed by atoms with Crippen molar-refractivity contribution in [1.29, 1.82) is 0 Å². The maximum Gasteiger partial charge on any atom is 0.292 e. The molecule has 0 radical (unpaired) electrons. The largest absolute Gasteiger partial charge is 0.360 e. The Morgan fingerprint density at radius 2 is 1.92 bits per heavy atom. The third-order valence-corrected chi connectivity index (χ3v) is 3.90. The number of carbonyl (C=O) groups excluding carboxylic acids is 2. The summed E-state index contributed by atoms with van der Waals surface area (Å²) in [6.45, 7) is 0.165. The number of aromatic amines is 1. The molecule has 0 fully saturated rings. The zero-order chi connectivity index (χ0) is 18.7. The molecule has 2 N–H and O–H groups in total. The Bertz CT molecular complexity index is 1060. The number of nitro groups is 1. The van der Waals surface area contributed by atoms with Gasteiger partial charge in [-0.2, -0.15) is 0 Å². The average Bonchev–Trinajstić information content (AvgIpc) is 3.09. The first-order chi connectivity index (χ1) is 12.5. The lowest BCUT2D eigenvalue weighted by Gasteiger charge is -2.04. The van der Waals surface area contributed by atoms with E-state index in [1.165, 1.54) is 24.4 Å². The maximum absolute atomic E-state index is 12.4. The number of nitro benzene ring substituents is 1. The summed E-state index contributed by atoms with van der Waals surface area (Å²) in [6, 6.07) is 11.1. The number of rotatable bonds is 5. The lowest BCUT2D eigenvalue weighted by Crippen LogP contribution is -2.30. The fraction of sp³-hybridized carbons (Fsp3) is 0.0526. The molecule has 0 saturated carbocycles. The second-order valence-corrected chi connectivity index (χ2v) is 5.54. The number of terminal acetylenes is 1. The zero-order valence-electron chi connectivity index (χ0n) is 13.5. The molecule has 1 aromatic heterocycles. The monoisotopic (exact) mass is 347 g/mol. The van der Waals surface area contributed by atoms with E-state index in [2.05, 4.69) is 16.2 Å². The van der Waals surface area contributed by atoms with Crippen LogP contribution >= 0.6 is 0 Å². The number of H-pyrrole nitrogens is 1. The van der Waals surface area contributed by atoms with Gasteiger partial charge in [0.2, 0.25) is 0 Å². The fourth-order valence-electron chi connectivity index (χ4n) is 2.51. The molecule has 0 unspecified atom stereocenters. The van der Waals surface area contributed by atoms with Crippen molar-refractivity contribution in [3.8, 4) is 12.3 Å². The van der Waals surface area contributed by atoms with E-state index in [9.17, 15) is 19.7 Å². The van der Waals surface area contributed by atoms with Crippen LogP contribution in [0.4, 0.5) is 5.69 Å². The summed E-state index contributed by atoms with van der Waals surface area (Å²) in [7, 11) is 0. The molecular formula is C19H13N3O4. The van der Waals surface area contributed by atoms with Crippen molar-refractivity contribution in [2.45, 2.75) is 6.54 Å². The van der Waals surface area contributed by atoms with Gasteiger partial charge < -0.3 is 10.3 Å². The highest BCUT2D eigenvalue weighted by molar-refractivity contribution is 6.44. The van der Waals surface area contributed by atoms with Crippen LogP contribution < -0.4 is 5.32 Å². The van der Waals surface area contributed by atoms with Gasteiger partial charge in [-0.25, -0.2) is 0 Å². The maximum atomic E-state index is 12.4. The lowest BCUT2D eigenvalue weighted by atomic mass is 10.1. The van der Waals surface area contributed by atoms with Gasteiger partial charge in [0, 0.05) is 41.3 Å². The zero-order valence-corrected chi connectivity index (χ0v) is 13.5. The summed E-state index contributed by atoms with van der Waals surface area (Å²) >= 11 is 0. The number of nitrogens with one attached hydrogen (secondary N) is 2. The Morgan fingerprint density at radius 1 is 1.19 bits per heavy atom. The SMILES string of the molecule is C#Cc1ccc(CNC(=O)C(=O)c2c[nH]c3ccc([N+](=O)[O-])cc23)cc1. The molecule has 7 heteroatoms. The fourth-order valence-corrected chi connectivity index (χ4v) is 2.51. The second kappa shape index (κ2) is 6.91. The number of ketones is 1. The second-order valence-electron chi connectivity index (χ2n) is 5.54. The number of nitrogens with zero attached hydrogens (tertiary/aromatic N) is 1. The summed E-state index contributed by atoms with van der Waals surface area (Å²) in [6.07, 6.45) is 6.65. The van der Waals surface area contributed by atoms with Crippen LogP contribution in [0.3, 0.4) is 0 Å². The van der Waals surface area contributed by atoms with E-state index >= 15 is 0 Å². The van der Waals surface area contributed by atoms with Crippen LogP contribution in [0, 0.1) is 22.5 Å². The minimum absolute atomic E-state index is 0.0869. The predicted molar refractivity (Wildman–Crippen MR) is 95.5 cm³/mol. The van der Waals surface area contributed by atoms with E-state index < -0.39 is 16.6 Å². The molecule has 1 amide bonds. The molecule has 0 aliphatic carbocycles. The number of fused-ring (bicyclic) bond motifs is 1. The van der Waals surface area contributed by atoms with Gasteiger partial charge in [-0.15, -0.1) is 6.42 Å². The van der Waals surface area contributed by atoms with Gasteiger partial charge in [0.1, 0.15) is 0 Å². The summed E-state index contributed by atoms with van der Waals surface area (Å²) in [5.74, 6) is 0.933. The van der Waals surface area contributed by atoms with Crippen LogP contribution in [-0.4, -0.2) is 21.6 Å². The Hall–Kier alpha value is -3.92. The molecule has 7 nitrogen and oxygen atoms in total. The minimum atomic E-state index is -0.793. The molecule has 3 aromatic rings. The molecule has 0 bridgehead atoms. The quantitative estimate of drug-likeness (QED) is 0.243. The van der Waals surface area contributed by atoms with E-state index in [1.807, 2.05) is 0 Å². The van der Waals surface area contributed by atoms with Crippen molar-refractivity contribution < 1.29 is 14.5 Å². The Balaban J connectivity index is 1.76. The molecule has 26 heavy (non-hydrogen) atoms. The number of Topliss-reactive ketones (excluding diaryl/α,β-unsaturated/α-hetero) is 1. The molecule has 2 aromatic carbocycles. The standard InChI is InChI=1S/C19H13N3O4/c1-2-12-3-5-13(6-4-12)10-21-19(24)18(23)16-11-20-17-8-7-14(22(25)26)9-15(16)17/h1,3-9,11,20H,10H2,(H,21,24). The molecule has 1 heterocycles. The van der Waals surface area contributed by atoms with Gasteiger partial charge in [0.15, 0.2) is 0 Å². The van der Waals surface area contributed by atoms with Crippen molar-refractivity contribution in [2.75, 3.05) is 0 Å². The molecule has 0 atom stereocenters.